The zero-order valence-corrected chi connectivity index (χ0v) is 43.7. The summed E-state index contributed by atoms with van der Waals surface area (Å²) in [7, 11) is 0. The van der Waals surface area contributed by atoms with Gasteiger partial charge < -0.3 is 20.0 Å². The van der Waals surface area contributed by atoms with Crippen LogP contribution in [0.25, 0.3) is 0 Å². The van der Waals surface area contributed by atoms with E-state index in [1.54, 1.807) is 0 Å². The van der Waals surface area contributed by atoms with Crippen LogP contribution < -0.4 is 58.5 Å². The molecule has 1 unspecified atom stereocenters. The van der Waals surface area contributed by atoms with Gasteiger partial charge >= 0.3 is 11.6 Å². The number of rotatable bonds is 0. The van der Waals surface area contributed by atoms with E-state index in [1.165, 1.54) is 44.8 Å². The Bertz CT molecular complexity index is 3370. The number of hydrogen-bond donors (Lipinski definition) is 1. The molecule has 15 rings (SSSR count). The zero-order chi connectivity index (χ0) is 49.4. The Morgan fingerprint density at radius 2 is 1.07 bits per heavy atom. The van der Waals surface area contributed by atoms with Gasteiger partial charge in [0.25, 0.3) is 0 Å². The van der Waals surface area contributed by atoms with Gasteiger partial charge in [0.2, 0.25) is 41.0 Å². The van der Waals surface area contributed by atoms with E-state index in [-0.39, 0.29) is 0 Å². The molecule has 8 aliphatic heterocycles. The molecule has 8 aliphatic rings. The van der Waals surface area contributed by atoms with E-state index in [0.29, 0.717) is 33.4 Å². The van der Waals surface area contributed by atoms with Gasteiger partial charge in [-0.3, -0.25) is 9.68 Å². The monoisotopic (exact) mass is 1050 g/mol. The number of hydrogen-bond acceptors (Lipinski definition) is 9. The molecular weight excluding hydrogens is 989 g/mol. The van der Waals surface area contributed by atoms with Gasteiger partial charge in [-0.25, -0.2) is 14.6 Å². The molecule has 0 saturated heterocycles. The number of anilines is 8. The Hall–Kier alpha value is -6.60. The lowest BCUT2D eigenvalue weighted by molar-refractivity contribution is -0.875. The highest BCUT2D eigenvalue weighted by Gasteiger charge is 2.45. The van der Waals surface area contributed by atoms with Gasteiger partial charge in [0, 0.05) is 48.1 Å². The van der Waals surface area contributed by atoms with Crippen LogP contribution in [-0.4, -0.2) is 39.6 Å². The van der Waals surface area contributed by atoms with Crippen LogP contribution in [0.4, 0.5) is 45.8 Å². The van der Waals surface area contributed by atoms with Gasteiger partial charge in [-0.05, 0) is 175 Å². The van der Waals surface area contributed by atoms with Crippen LogP contribution in [-0.2, 0) is 38.5 Å². The first kappa shape index (κ1) is 46.0. The molecule has 3 aromatic heterocycles. The number of pyridine rings is 3. The molecule has 0 amide bonds. The third kappa shape index (κ3) is 8.33. The van der Waals surface area contributed by atoms with Crippen molar-refractivity contribution in [3.63, 3.8) is 0 Å². The normalized spacial score (nSPS) is 18.7. The smallest absolute Gasteiger partial charge is 0.323 e. The molecule has 7 aromatic rings. The van der Waals surface area contributed by atoms with Crippen LogP contribution in [0.1, 0.15) is 78.3 Å². The summed E-state index contributed by atoms with van der Waals surface area (Å²) in [4.78, 5) is 32.1. The molecule has 15 heteroatoms. The van der Waals surface area contributed by atoms with E-state index >= 15 is 0 Å². The minimum absolute atomic E-state index is 0.480. The maximum atomic E-state index is 6.94. The van der Waals surface area contributed by atoms with Crippen molar-refractivity contribution < 1.29 is 28.7 Å². The van der Waals surface area contributed by atoms with Crippen molar-refractivity contribution in [2.24, 2.45) is 5.92 Å². The van der Waals surface area contributed by atoms with Crippen LogP contribution in [0, 0.1) is 5.92 Å². The summed E-state index contributed by atoms with van der Waals surface area (Å²) in [6, 6.07) is 33.1. The fourth-order valence-corrected chi connectivity index (χ4v) is 13.1. The first-order chi connectivity index (χ1) is 36.3. The van der Waals surface area contributed by atoms with Crippen LogP contribution in [0.3, 0.4) is 0 Å². The SMILES string of the molecule is Clc1ccc2c3c1O[n+]1cccc(c1)CCCC1CCc4cc[n+]5c(c4)N4CN(CCCc6ccc(c(c6)CCCN2CN3)CCCN2CN3c6c2ccc(Cl)c6O[n+]2ccc(cc23)CC1)c1ccc(Cl)c(c14)O5. The minimum atomic E-state index is 0.480. The summed E-state index contributed by atoms with van der Waals surface area (Å²) < 4.78 is 5.62. The van der Waals surface area contributed by atoms with Crippen molar-refractivity contribution in [2.75, 3.05) is 69.5 Å². The number of nitrogens with zero attached hydrogens (tertiary/aromatic N) is 8. The van der Waals surface area contributed by atoms with E-state index in [1.807, 2.05) is 38.6 Å². The molecule has 12 nitrogen and oxygen atoms in total. The lowest BCUT2D eigenvalue weighted by Gasteiger charge is -2.22. The summed E-state index contributed by atoms with van der Waals surface area (Å²) in [6.07, 6.45) is 21.3. The highest BCUT2D eigenvalue weighted by Crippen LogP contribution is 2.53. The quantitative estimate of drug-likeness (QED) is 0.150. The number of aryl methyl sites for hydroxylation is 6. The van der Waals surface area contributed by atoms with Crippen molar-refractivity contribution in [3.05, 3.63) is 164 Å². The predicted molar refractivity (Wildman–Crippen MR) is 291 cm³/mol. The maximum Gasteiger partial charge on any atom is 0.323 e. The molecule has 0 spiro atoms. The van der Waals surface area contributed by atoms with E-state index in [9.17, 15) is 0 Å². The molecule has 1 atom stereocenters. The summed E-state index contributed by atoms with van der Waals surface area (Å²) in [6.45, 7) is 4.90. The van der Waals surface area contributed by atoms with Crippen molar-refractivity contribution in [2.45, 2.75) is 83.5 Å². The molecule has 1 N–H and O–H groups in total. The van der Waals surface area contributed by atoms with E-state index in [4.69, 9.17) is 49.3 Å². The number of fused-ring (bicyclic) bond motifs is 6. The molecule has 18 bridgehead atoms. The summed E-state index contributed by atoms with van der Waals surface area (Å²) >= 11 is 20.8. The van der Waals surface area contributed by atoms with Crippen LogP contribution >= 0.6 is 34.8 Å². The molecule has 376 valence electrons. The lowest BCUT2D eigenvalue weighted by atomic mass is 9.88. The van der Waals surface area contributed by atoms with Crippen LogP contribution in [0.2, 0.25) is 15.1 Å². The highest BCUT2D eigenvalue weighted by molar-refractivity contribution is 6.33. The fraction of sp³-hybridized carbons (Fsp3) is 0.339. The molecule has 0 aliphatic carbocycles. The molecule has 0 radical (unpaired) electrons. The van der Waals surface area contributed by atoms with Gasteiger partial charge in [0.15, 0.2) is 13.3 Å². The third-order valence-electron chi connectivity index (χ3n) is 16.4. The summed E-state index contributed by atoms with van der Waals surface area (Å²) in [5.74, 6) is 4.65. The fourth-order valence-electron chi connectivity index (χ4n) is 12.6. The molecule has 0 fully saturated rings. The van der Waals surface area contributed by atoms with E-state index in [0.717, 1.165) is 162 Å². The Kier molecular flexibility index (Phi) is 11.8. The second kappa shape index (κ2) is 19.0. The topological polar surface area (TPSA) is 67.6 Å². The maximum absolute atomic E-state index is 6.94. The predicted octanol–water partition coefficient (Wildman–Crippen LogP) is 11.4. The van der Waals surface area contributed by atoms with Crippen LogP contribution in [0.15, 0.2) is 116 Å². The molecule has 74 heavy (non-hydrogen) atoms. The lowest BCUT2D eigenvalue weighted by Crippen LogP contribution is -2.48. The number of aromatic nitrogens is 3. The summed E-state index contributed by atoms with van der Waals surface area (Å²) in [5, 5.41) is 5.49. The van der Waals surface area contributed by atoms with Gasteiger partial charge in [-0.15, -0.1) is 0 Å². The largest absolute Gasteiger partial charge is 0.363 e. The van der Waals surface area contributed by atoms with E-state index in [2.05, 4.69) is 121 Å². The van der Waals surface area contributed by atoms with Gasteiger partial charge in [0.1, 0.15) is 18.1 Å². The van der Waals surface area contributed by atoms with Gasteiger partial charge in [0.05, 0.1) is 38.8 Å². The Balaban J connectivity index is 0.849. The highest BCUT2D eigenvalue weighted by atomic mass is 35.5. The first-order valence-corrected chi connectivity index (χ1v) is 27.7. The summed E-state index contributed by atoms with van der Waals surface area (Å²) in [5.41, 5.74) is 14.6. The second-order valence-electron chi connectivity index (χ2n) is 21.1. The van der Waals surface area contributed by atoms with Crippen molar-refractivity contribution in [1.29, 1.82) is 0 Å². The van der Waals surface area contributed by atoms with E-state index < -0.39 is 0 Å². The number of nitrogens with one attached hydrogen (secondary N) is 1. The Morgan fingerprint density at radius 3 is 1.74 bits per heavy atom. The Labute approximate surface area is 447 Å². The third-order valence-corrected chi connectivity index (χ3v) is 17.3. The molecular formula is C59H59Cl3N9O3+3. The van der Waals surface area contributed by atoms with Crippen LogP contribution in [0.5, 0.6) is 17.2 Å². The minimum Gasteiger partial charge on any atom is -0.363 e. The molecule has 4 aromatic carbocycles. The van der Waals surface area contributed by atoms with Gasteiger partial charge in [-0.1, -0.05) is 59.4 Å². The molecule has 11 heterocycles. The second-order valence-corrected chi connectivity index (χ2v) is 22.3. The molecule has 0 saturated carbocycles. The van der Waals surface area contributed by atoms with Crippen molar-refractivity contribution in [1.82, 2.24) is 0 Å². The Morgan fingerprint density at radius 1 is 0.486 bits per heavy atom. The zero-order valence-electron chi connectivity index (χ0n) is 41.4. The van der Waals surface area contributed by atoms with Crippen molar-refractivity contribution >= 4 is 80.6 Å². The standard InChI is InChI=1S/C59H59Cl3N9O3/c60-46-18-21-49-54-57(46)72-67-29-3-9-43(35-67)7-1-6-39-12-14-41-24-30-70-52(33-41)68-37-65(50-22-19-47(61)58(73-70)55(50)68)27-2-8-40-16-17-44(45(32-40)11-5-26-64(49)36-63-54)10-4-28-66-38-69-53-34-42(15-13-39)25-31-71(53)74-59-48(62)20-23-51(66)56(59)69/h3,9,16-25,29-35,39,63H,1-2,4-8,10-15,26-28,36-38H2/q+3. The first-order valence-electron chi connectivity index (χ1n) is 26.6. The number of benzene rings is 4. The van der Waals surface area contributed by atoms with Crippen molar-refractivity contribution in [3.8, 4) is 17.2 Å². The van der Waals surface area contributed by atoms with Gasteiger partial charge in [-0.2, -0.15) is 0 Å². The number of halogens is 3. The average molecular weight is 1050 g/mol. The average Bonchev–Trinajstić information content (AvgIpc) is 4.17.